The van der Waals surface area contributed by atoms with Crippen LogP contribution < -0.4 is 10.2 Å². The summed E-state index contributed by atoms with van der Waals surface area (Å²) in [5.41, 5.74) is 5.97. The molecule has 2 heterocycles. The van der Waals surface area contributed by atoms with Crippen LogP contribution in [0.25, 0.3) is 0 Å². The van der Waals surface area contributed by atoms with E-state index in [1.165, 1.54) is 23.2 Å². The molecule has 94 valence electrons. The van der Waals surface area contributed by atoms with E-state index in [1.54, 1.807) is 5.56 Å². The van der Waals surface area contributed by atoms with Crippen molar-refractivity contribution in [2.24, 2.45) is 0 Å². The minimum Gasteiger partial charge on any atom is -0.363 e. The average Bonchev–Trinajstić information content (AvgIpc) is 2.64. The minimum atomic E-state index is 0. The first kappa shape index (κ1) is 12.7. The standard InChI is InChI=1S/C14H20N2.ClH/c1-9-4-5-12-6-13-8-15-7-10(2)16(13)14(12)11(9)3;/h4-5,10,13,15H,6-8H2,1-3H3;1H/t10-,13-;/m1./s1. The molecular formula is C14H21ClN2. The van der Waals surface area contributed by atoms with Crippen molar-refractivity contribution in [3.63, 3.8) is 0 Å². The lowest BCUT2D eigenvalue weighted by molar-refractivity contribution is 0.429. The molecule has 2 atom stereocenters. The number of benzene rings is 1. The van der Waals surface area contributed by atoms with Crippen LogP contribution in [-0.4, -0.2) is 25.2 Å². The summed E-state index contributed by atoms with van der Waals surface area (Å²) in [5, 5.41) is 3.53. The van der Waals surface area contributed by atoms with Gasteiger partial charge in [-0.05, 0) is 43.9 Å². The van der Waals surface area contributed by atoms with Crippen LogP contribution in [-0.2, 0) is 6.42 Å². The molecule has 1 aromatic rings. The fourth-order valence-corrected chi connectivity index (χ4v) is 3.22. The van der Waals surface area contributed by atoms with E-state index in [2.05, 4.69) is 43.1 Å². The topological polar surface area (TPSA) is 15.3 Å². The van der Waals surface area contributed by atoms with E-state index in [1.807, 2.05) is 0 Å². The molecule has 0 bridgehead atoms. The molecule has 2 nitrogen and oxygen atoms in total. The number of anilines is 1. The van der Waals surface area contributed by atoms with Crippen LogP contribution in [0.3, 0.4) is 0 Å². The second-order valence-corrected chi connectivity index (χ2v) is 5.29. The molecule has 3 rings (SSSR count). The molecule has 0 aliphatic carbocycles. The summed E-state index contributed by atoms with van der Waals surface area (Å²) in [7, 11) is 0. The Morgan fingerprint density at radius 1 is 1.24 bits per heavy atom. The predicted molar refractivity (Wildman–Crippen MR) is 75.5 cm³/mol. The van der Waals surface area contributed by atoms with Crippen LogP contribution in [0.4, 0.5) is 5.69 Å². The van der Waals surface area contributed by atoms with Crippen molar-refractivity contribution < 1.29 is 0 Å². The summed E-state index contributed by atoms with van der Waals surface area (Å²) in [4.78, 5) is 2.65. The Labute approximate surface area is 110 Å². The molecule has 0 unspecified atom stereocenters. The van der Waals surface area contributed by atoms with Crippen molar-refractivity contribution in [3.05, 3.63) is 28.8 Å². The molecule has 0 spiro atoms. The highest BCUT2D eigenvalue weighted by molar-refractivity contribution is 5.85. The fourth-order valence-electron chi connectivity index (χ4n) is 3.22. The van der Waals surface area contributed by atoms with Gasteiger partial charge < -0.3 is 10.2 Å². The van der Waals surface area contributed by atoms with Gasteiger partial charge in [-0.25, -0.2) is 0 Å². The number of hydrogen-bond donors (Lipinski definition) is 1. The van der Waals surface area contributed by atoms with Gasteiger partial charge in [-0.15, -0.1) is 12.4 Å². The quantitative estimate of drug-likeness (QED) is 0.763. The summed E-state index contributed by atoms with van der Waals surface area (Å²) < 4.78 is 0. The Balaban J connectivity index is 0.00000108. The van der Waals surface area contributed by atoms with E-state index in [0.29, 0.717) is 12.1 Å². The summed E-state index contributed by atoms with van der Waals surface area (Å²) >= 11 is 0. The van der Waals surface area contributed by atoms with Crippen molar-refractivity contribution in [1.29, 1.82) is 0 Å². The summed E-state index contributed by atoms with van der Waals surface area (Å²) in [5.74, 6) is 0. The molecule has 17 heavy (non-hydrogen) atoms. The Bertz CT molecular complexity index is 430. The van der Waals surface area contributed by atoms with Gasteiger partial charge in [-0.1, -0.05) is 12.1 Å². The highest BCUT2D eigenvalue weighted by Gasteiger charge is 2.35. The Kier molecular flexibility index (Phi) is 3.37. The zero-order chi connectivity index (χ0) is 11.3. The van der Waals surface area contributed by atoms with Crippen LogP contribution in [0.5, 0.6) is 0 Å². The lowest BCUT2D eigenvalue weighted by atomic mass is 10.0. The third kappa shape index (κ3) is 1.84. The van der Waals surface area contributed by atoms with Crippen LogP contribution in [0, 0.1) is 13.8 Å². The molecule has 0 amide bonds. The number of halogens is 1. The number of fused-ring (bicyclic) bond motifs is 3. The highest BCUT2D eigenvalue weighted by atomic mass is 35.5. The van der Waals surface area contributed by atoms with Crippen molar-refractivity contribution in [1.82, 2.24) is 5.32 Å². The second kappa shape index (κ2) is 4.51. The lowest BCUT2D eigenvalue weighted by Crippen LogP contribution is -2.55. The van der Waals surface area contributed by atoms with Crippen molar-refractivity contribution in [2.75, 3.05) is 18.0 Å². The zero-order valence-corrected chi connectivity index (χ0v) is 11.6. The largest absolute Gasteiger partial charge is 0.363 e. The van der Waals surface area contributed by atoms with E-state index in [4.69, 9.17) is 0 Å². The van der Waals surface area contributed by atoms with Gasteiger partial charge in [0, 0.05) is 30.9 Å². The molecule has 0 aromatic heterocycles. The van der Waals surface area contributed by atoms with Crippen LogP contribution in [0.1, 0.15) is 23.6 Å². The van der Waals surface area contributed by atoms with Crippen LogP contribution in [0.2, 0.25) is 0 Å². The maximum absolute atomic E-state index is 3.53. The molecule has 0 radical (unpaired) electrons. The molecule has 1 N–H and O–H groups in total. The molecule has 1 saturated heterocycles. The normalized spacial score (nSPS) is 26.2. The highest BCUT2D eigenvalue weighted by Crippen LogP contribution is 2.38. The van der Waals surface area contributed by atoms with E-state index >= 15 is 0 Å². The van der Waals surface area contributed by atoms with Gasteiger partial charge in [-0.2, -0.15) is 0 Å². The first-order valence-electron chi connectivity index (χ1n) is 6.26. The van der Waals surface area contributed by atoms with E-state index in [0.717, 1.165) is 13.1 Å². The lowest BCUT2D eigenvalue weighted by Gasteiger charge is -2.39. The van der Waals surface area contributed by atoms with Gasteiger partial charge in [-0.3, -0.25) is 0 Å². The van der Waals surface area contributed by atoms with Crippen molar-refractivity contribution in [2.45, 2.75) is 39.3 Å². The van der Waals surface area contributed by atoms with Crippen molar-refractivity contribution >= 4 is 18.1 Å². The van der Waals surface area contributed by atoms with Gasteiger partial charge in [0.25, 0.3) is 0 Å². The summed E-state index contributed by atoms with van der Waals surface area (Å²) in [6, 6.07) is 5.90. The first-order chi connectivity index (χ1) is 7.68. The third-order valence-corrected chi connectivity index (χ3v) is 4.19. The molecule has 2 aliphatic heterocycles. The number of nitrogens with zero attached hydrogens (tertiary/aromatic N) is 1. The molecule has 2 aliphatic rings. The summed E-state index contributed by atoms with van der Waals surface area (Å²) in [6.07, 6.45) is 1.22. The SMILES string of the molecule is Cc1ccc2c(c1C)N1[C@@H](CNC[C@H]1C)C2.Cl. The van der Waals surface area contributed by atoms with Crippen LogP contribution in [0.15, 0.2) is 12.1 Å². The molecule has 3 heteroatoms. The maximum Gasteiger partial charge on any atom is 0.0459 e. The van der Waals surface area contributed by atoms with Crippen LogP contribution >= 0.6 is 12.4 Å². The number of aryl methyl sites for hydroxylation is 1. The molecule has 0 saturated carbocycles. The second-order valence-electron chi connectivity index (χ2n) is 5.29. The van der Waals surface area contributed by atoms with Gasteiger partial charge in [0.05, 0.1) is 0 Å². The number of hydrogen-bond acceptors (Lipinski definition) is 2. The van der Waals surface area contributed by atoms with Gasteiger partial charge >= 0.3 is 0 Å². The molecule has 1 aromatic carbocycles. The van der Waals surface area contributed by atoms with Gasteiger partial charge in [0.15, 0.2) is 0 Å². The smallest absolute Gasteiger partial charge is 0.0459 e. The minimum absolute atomic E-state index is 0. The monoisotopic (exact) mass is 252 g/mol. The predicted octanol–water partition coefficient (Wildman–Crippen LogP) is 2.45. The summed E-state index contributed by atoms with van der Waals surface area (Å²) in [6.45, 7) is 9.07. The van der Waals surface area contributed by atoms with Gasteiger partial charge in [0.1, 0.15) is 0 Å². The Morgan fingerprint density at radius 3 is 2.76 bits per heavy atom. The fraction of sp³-hybridized carbons (Fsp3) is 0.571. The average molecular weight is 253 g/mol. The Morgan fingerprint density at radius 2 is 2.00 bits per heavy atom. The third-order valence-electron chi connectivity index (χ3n) is 4.19. The molecular weight excluding hydrogens is 232 g/mol. The van der Waals surface area contributed by atoms with Gasteiger partial charge in [0.2, 0.25) is 0 Å². The number of nitrogens with one attached hydrogen (secondary N) is 1. The Hall–Kier alpha value is -0.730. The molecule has 1 fully saturated rings. The zero-order valence-electron chi connectivity index (χ0n) is 10.8. The first-order valence-corrected chi connectivity index (χ1v) is 6.26. The van der Waals surface area contributed by atoms with Crippen molar-refractivity contribution in [3.8, 4) is 0 Å². The number of rotatable bonds is 0. The number of piperazine rings is 1. The maximum atomic E-state index is 3.53. The van der Waals surface area contributed by atoms with E-state index in [-0.39, 0.29) is 12.4 Å². The van der Waals surface area contributed by atoms with E-state index in [9.17, 15) is 0 Å². The van der Waals surface area contributed by atoms with E-state index < -0.39 is 0 Å².